The number of rotatable bonds is 1. The summed E-state index contributed by atoms with van der Waals surface area (Å²) in [5.74, 6) is 0.754. The molecule has 0 bridgehead atoms. The fourth-order valence-electron chi connectivity index (χ4n) is 2.20. The van der Waals surface area contributed by atoms with Crippen molar-refractivity contribution in [1.82, 2.24) is 9.97 Å². The first-order valence-electron chi connectivity index (χ1n) is 5.52. The van der Waals surface area contributed by atoms with Gasteiger partial charge in [0.05, 0.1) is 18.1 Å². The molecule has 0 spiro atoms. The number of anilines is 1. The second-order valence-corrected chi connectivity index (χ2v) is 4.18. The number of hydrogen-bond acceptors (Lipinski definition) is 3. The zero-order valence-electron chi connectivity index (χ0n) is 8.98. The largest absolute Gasteiger partial charge is 0.396 e. The lowest BCUT2D eigenvalue weighted by molar-refractivity contribution is 0.912. The van der Waals surface area contributed by atoms with E-state index < -0.39 is 0 Å². The Hall–Kier alpha value is -1.90. The van der Waals surface area contributed by atoms with Crippen molar-refractivity contribution in [2.24, 2.45) is 0 Å². The number of fused-ring (bicyclic) bond motifs is 1. The van der Waals surface area contributed by atoms with Gasteiger partial charge in [-0.25, -0.2) is 9.97 Å². The summed E-state index contributed by atoms with van der Waals surface area (Å²) in [6.07, 6.45) is 6.95. The number of nitrogens with two attached hydrogens (primary N) is 1. The van der Waals surface area contributed by atoms with Crippen molar-refractivity contribution in [1.29, 1.82) is 0 Å². The lowest BCUT2D eigenvalue weighted by atomic mass is 10.1. The van der Waals surface area contributed by atoms with E-state index in [1.54, 1.807) is 12.4 Å². The van der Waals surface area contributed by atoms with Crippen LogP contribution in [0, 0.1) is 0 Å². The summed E-state index contributed by atoms with van der Waals surface area (Å²) in [6.45, 7) is 0. The Balaban J connectivity index is 2.03. The van der Waals surface area contributed by atoms with Crippen LogP contribution in [0.2, 0.25) is 0 Å². The Morgan fingerprint density at radius 1 is 1.00 bits per heavy atom. The number of benzene rings is 1. The number of hydrogen-bond donors (Lipinski definition) is 1. The van der Waals surface area contributed by atoms with Gasteiger partial charge in [-0.05, 0) is 36.5 Å². The van der Waals surface area contributed by atoms with Crippen molar-refractivity contribution in [3.05, 3.63) is 41.7 Å². The van der Waals surface area contributed by atoms with Crippen LogP contribution in [0.5, 0.6) is 0 Å². The van der Waals surface area contributed by atoms with Crippen LogP contribution in [0.4, 0.5) is 5.69 Å². The van der Waals surface area contributed by atoms with Crippen LogP contribution in [0.1, 0.15) is 17.5 Å². The summed E-state index contributed by atoms with van der Waals surface area (Å²) in [7, 11) is 0. The molecule has 2 aromatic rings. The predicted molar refractivity (Wildman–Crippen MR) is 63.9 cm³/mol. The second-order valence-electron chi connectivity index (χ2n) is 4.18. The van der Waals surface area contributed by atoms with Gasteiger partial charge in [-0.2, -0.15) is 0 Å². The molecule has 1 heterocycles. The second kappa shape index (κ2) is 3.59. The van der Waals surface area contributed by atoms with Crippen LogP contribution >= 0.6 is 0 Å². The lowest BCUT2D eigenvalue weighted by Crippen LogP contribution is -1.93. The first kappa shape index (κ1) is 9.33. The molecule has 1 aliphatic carbocycles. The first-order chi connectivity index (χ1) is 7.83. The summed E-state index contributed by atoms with van der Waals surface area (Å²) in [4.78, 5) is 8.48. The van der Waals surface area contributed by atoms with E-state index in [0.717, 1.165) is 11.4 Å². The Labute approximate surface area is 94.4 Å². The van der Waals surface area contributed by atoms with Gasteiger partial charge in [0.1, 0.15) is 0 Å². The van der Waals surface area contributed by atoms with Crippen molar-refractivity contribution in [2.75, 3.05) is 5.73 Å². The Morgan fingerprint density at radius 3 is 2.56 bits per heavy atom. The molecule has 3 nitrogen and oxygen atoms in total. The molecular weight excluding hydrogens is 198 g/mol. The Kier molecular flexibility index (Phi) is 2.10. The minimum absolute atomic E-state index is 0.602. The molecule has 0 aliphatic heterocycles. The van der Waals surface area contributed by atoms with Crippen molar-refractivity contribution < 1.29 is 0 Å². The highest BCUT2D eigenvalue weighted by Crippen LogP contribution is 2.26. The van der Waals surface area contributed by atoms with Gasteiger partial charge < -0.3 is 5.73 Å². The molecule has 80 valence electrons. The molecule has 3 heteroatoms. The molecule has 0 amide bonds. The minimum Gasteiger partial charge on any atom is -0.396 e. The topological polar surface area (TPSA) is 51.8 Å². The number of aryl methyl sites for hydroxylation is 2. The van der Waals surface area contributed by atoms with Crippen LogP contribution in [-0.4, -0.2) is 9.97 Å². The standard InChI is InChI=1S/C13H13N3/c14-12-7-15-13(16-8-12)11-5-4-9-2-1-3-10(9)6-11/h4-8H,1-3,14H2. The summed E-state index contributed by atoms with van der Waals surface area (Å²) >= 11 is 0. The zero-order valence-corrected chi connectivity index (χ0v) is 8.98. The average Bonchev–Trinajstić information content (AvgIpc) is 2.77. The Morgan fingerprint density at radius 2 is 1.75 bits per heavy atom. The van der Waals surface area contributed by atoms with E-state index in [1.165, 1.54) is 30.4 Å². The van der Waals surface area contributed by atoms with E-state index in [0.29, 0.717) is 5.69 Å². The predicted octanol–water partition coefficient (Wildman–Crippen LogP) is 2.21. The lowest BCUT2D eigenvalue weighted by Gasteiger charge is -2.03. The van der Waals surface area contributed by atoms with Gasteiger partial charge in [-0.1, -0.05) is 12.1 Å². The number of nitrogens with zero attached hydrogens (tertiary/aromatic N) is 2. The third kappa shape index (κ3) is 1.54. The van der Waals surface area contributed by atoms with Gasteiger partial charge in [0.25, 0.3) is 0 Å². The Bertz CT molecular complexity index is 517. The van der Waals surface area contributed by atoms with Crippen molar-refractivity contribution in [3.8, 4) is 11.4 Å². The zero-order chi connectivity index (χ0) is 11.0. The highest BCUT2D eigenvalue weighted by molar-refractivity contribution is 5.58. The molecule has 0 saturated heterocycles. The third-order valence-electron chi connectivity index (χ3n) is 3.03. The van der Waals surface area contributed by atoms with Gasteiger partial charge >= 0.3 is 0 Å². The highest BCUT2D eigenvalue weighted by atomic mass is 14.9. The molecule has 3 rings (SSSR count). The monoisotopic (exact) mass is 211 g/mol. The first-order valence-corrected chi connectivity index (χ1v) is 5.52. The molecule has 0 saturated carbocycles. The summed E-state index contributed by atoms with van der Waals surface area (Å²) < 4.78 is 0. The molecule has 0 radical (unpaired) electrons. The van der Waals surface area contributed by atoms with Gasteiger partial charge in [-0.3, -0.25) is 0 Å². The van der Waals surface area contributed by atoms with Gasteiger partial charge in [0, 0.05) is 5.56 Å². The van der Waals surface area contributed by atoms with Crippen LogP contribution in [-0.2, 0) is 12.8 Å². The number of aromatic nitrogens is 2. The minimum atomic E-state index is 0.602. The fraction of sp³-hybridized carbons (Fsp3) is 0.231. The maximum Gasteiger partial charge on any atom is 0.159 e. The summed E-state index contributed by atoms with van der Waals surface area (Å²) in [6, 6.07) is 6.49. The molecule has 1 aliphatic rings. The highest BCUT2D eigenvalue weighted by Gasteiger charge is 2.12. The van der Waals surface area contributed by atoms with Gasteiger partial charge in [0.2, 0.25) is 0 Å². The van der Waals surface area contributed by atoms with Gasteiger partial charge in [0.15, 0.2) is 5.82 Å². The van der Waals surface area contributed by atoms with Crippen LogP contribution in [0.25, 0.3) is 11.4 Å². The quantitative estimate of drug-likeness (QED) is 0.786. The molecule has 16 heavy (non-hydrogen) atoms. The molecule has 1 aromatic carbocycles. The maximum atomic E-state index is 5.57. The van der Waals surface area contributed by atoms with Crippen LogP contribution < -0.4 is 5.73 Å². The normalized spacial score (nSPS) is 13.8. The van der Waals surface area contributed by atoms with Crippen molar-refractivity contribution >= 4 is 5.69 Å². The van der Waals surface area contributed by atoms with Crippen LogP contribution in [0.15, 0.2) is 30.6 Å². The fourth-order valence-corrected chi connectivity index (χ4v) is 2.20. The number of nitrogen functional groups attached to an aromatic ring is 1. The van der Waals surface area contributed by atoms with Gasteiger partial charge in [-0.15, -0.1) is 0 Å². The summed E-state index contributed by atoms with van der Waals surface area (Å²) in [5, 5.41) is 0. The maximum absolute atomic E-state index is 5.57. The van der Waals surface area contributed by atoms with Crippen LogP contribution in [0.3, 0.4) is 0 Å². The van der Waals surface area contributed by atoms with E-state index in [2.05, 4.69) is 28.2 Å². The van der Waals surface area contributed by atoms with E-state index >= 15 is 0 Å². The smallest absolute Gasteiger partial charge is 0.159 e. The molecular formula is C13H13N3. The molecule has 2 N–H and O–H groups in total. The molecule has 0 unspecified atom stereocenters. The van der Waals surface area contributed by atoms with Crippen molar-refractivity contribution in [2.45, 2.75) is 19.3 Å². The van der Waals surface area contributed by atoms with E-state index in [-0.39, 0.29) is 0 Å². The van der Waals surface area contributed by atoms with Crippen molar-refractivity contribution in [3.63, 3.8) is 0 Å². The third-order valence-corrected chi connectivity index (χ3v) is 3.03. The molecule has 0 atom stereocenters. The summed E-state index contributed by atoms with van der Waals surface area (Å²) in [5.41, 5.74) is 10.2. The van der Waals surface area contributed by atoms with E-state index in [1.807, 2.05) is 0 Å². The molecule has 0 fully saturated rings. The van der Waals surface area contributed by atoms with E-state index in [9.17, 15) is 0 Å². The average molecular weight is 211 g/mol. The molecule has 1 aromatic heterocycles. The SMILES string of the molecule is Nc1cnc(-c2ccc3c(c2)CCC3)nc1. The van der Waals surface area contributed by atoms with E-state index in [4.69, 9.17) is 5.73 Å².